The third-order valence-electron chi connectivity index (χ3n) is 1.85. The minimum Gasteiger partial charge on any atom is -0.402 e. The molecule has 1 aromatic carbocycles. The summed E-state index contributed by atoms with van der Waals surface area (Å²) >= 11 is 0. The van der Waals surface area contributed by atoms with Crippen LogP contribution in [0.2, 0.25) is 0 Å². The molecule has 0 atom stereocenters. The van der Waals surface area contributed by atoms with E-state index < -0.39 is 21.6 Å². The molecule has 0 aliphatic rings. The summed E-state index contributed by atoms with van der Waals surface area (Å²) in [6.45, 7) is 1.38. The average Bonchev–Trinajstić information content (AvgIpc) is 2.14. The van der Waals surface area contributed by atoms with Gasteiger partial charge >= 0.3 is 6.18 Å². The molecule has 0 fully saturated rings. The maximum Gasteiger partial charge on any atom is 0.416 e. The number of benzene rings is 1. The van der Waals surface area contributed by atoms with Crippen molar-refractivity contribution >= 4 is 9.84 Å². The second-order valence-corrected chi connectivity index (χ2v) is 5.23. The fourth-order valence-corrected chi connectivity index (χ4v) is 2.29. The van der Waals surface area contributed by atoms with Crippen molar-refractivity contribution in [2.75, 3.05) is 0 Å². The highest BCUT2D eigenvalue weighted by atomic mass is 32.2. The minimum atomic E-state index is -4.48. The smallest absolute Gasteiger partial charge is 0.402 e. The molecule has 0 aromatic heterocycles. The molecule has 0 bridgehead atoms. The van der Waals surface area contributed by atoms with Crippen molar-refractivity contribution in [3.05, 3.63) is 40.9 Å². The monoisotopic (exact) mass is 265 g/mol. The van der Waals surface area contributed by atoms with Crippen LogP contribution in [0.15, 0.2) is 40.3 Å². The largest absolute Gasteiger partial charge is 0.416 e. The zero-order valence-corrected chi connectivity index (χ0v) is 9.64. The predicted molar refractivity (Wildman–Crippen MR) is 56.6 cm³/mol. The number of hydrogen-bond acceptors (Lipinski definition) is 3. The lowest BCUT2D eigenvalue weighted by Gasteiger charge is -2.07. The van der Waals surface area contributed by atoms with Gasteiger partial charge in [-0.3, -0.25) is 0 Å². The van der Waals surface area contributed by atoms with Crippen LogP contribution in [0, 0.1) is 0 Å². The average molecular weight is 265 g/mol. The summed E-state index contributed by atoms with van der Waals surface area (Å²) in [5.74, 6) is 0. The normalized spacial score (nSPS) is 13.8. The maximum atomic E-state index is 12.2. The van der Waals surface area contributed by atoms with Gasteiger partial charge in [0.05, 0.1) is 15.9 Å². The first-order valence-corrected chi connectivity index (χ1v) is 6.04. The van der Waals surface area contributed by atoms with Gasteiger partial charge in [-0.2, -0.15) is 13.2 Å². The molecular weight excluding hydrogens is 255 g/mol. The molecule has 0 aliphatic heterocycles. The Morgan fingerprint density at radius 1 is 1.24 bits per heavy atom. The molecule has 0 spiro atoms. The highest BCUT2D eigenvalue weighted by molar-refractivity contribution is 7.94. The van der Waals surface area contributed by atoms with Crippen LogP contribution in [-0.4, -0.2) is 8.42 Å². The maximum absolute atomic E-state index is 12.2. The van der Waals surface area contributed by atoms with Gasteiger partial charge in [-0.15, -0.1) is 0 Å². The molecule has 0 amide bonds. The van der Waals surface area contributed by atoms with Gasteiger partial charge in [0.25, 0.3) is 0 Å². The lowest BCUT2D eigenvalue weighted by Crippen LogP contribution is -2.06. The first-order chi connectivity index (χ1) is 7.63. The molecule has 17 heavy (non-hydrogen) atoms. The van der Waals surface area contributed by atoms with E-state index >= 15 is 0 Å². The molecule has 0 saturated heterocycles. The molecule has 0 unspecified atom stereocenters. The summed E-state index contributed by atoms with van der Waals surface area (Å²) in [6, 6.07) is 3.23. The number of alkyl halides is 3. The highest BCUT2D eigenvalue weighted by Gasteiger charge is 2.30. The third kappa shape index (κ3) is 3.48. The number of rotatable bonds is 2. The second kappa shape index (κ2) is 4.40. The fraction of sp³-hybridized carbons (Fsp3) is 0.200. The lowest BCUT2D eigenvalue weighted by atomic mass is 10.2. The number of allylic oxidation sites excluding steroid dienone is 1. The van der Waals surface area contributed by atoms with E-state index in [9.17, 15) is 21.6 Å². The van der Waals surface area contributed by atoms with Gasteiger partial charge in [0.1, 0.15) is 0 Å². The topological polar surface area (TPSA) is 60.2 Å². The van der Waals surface area contributed by atoms with Crippen LogP contribution in [0.4, 0.5) is 13.2 Å². The van der Waals surface area contributed by atoms with Crippen molar-refractivity contribution in [1.82, 2.24) is 0 Å². The van der Waals surface area contributed by atoms with Crippen molar-refractivity contribution in [3.63, 3.8) is 0 Å². The second-order valence-electron chi connectivity index (χ2n) is 3.43. The Balaban J connectivity index is 3.17. The molecule has 0 radical (unpaired) electrons. The van der Waals surface area contributed by atoms with Gasteiger partial charge in [0.2, 0.25) is 9.84 Å². The van der Waals surface area contributed by atoms with Gasteiger partial charge in [0.15, 0.2) is 0 Å². The van der Waals surface area contributed by atoms with Crippen LogP contribution < -0.4 is 5.73 Å². The SMILES string of the molecule is CC(N)=CS(=O)(=O)c1ccc(C(F)(F)F)cc1. The Hall–Kier alpha value is -1.50. The van der Waals surface area contributed by atoms with Crippen LogP contribution >= 0.6 is 0 Å². The summed E-state index contributed by atoms with van der Waals surface area (Å²) < 4.78 is 59.9. The van der Waals surface area contributed by atoms with Crippen LogP contribution in [0.1, 0.15) is 12.5 Å². The van der Waals surface area contributed by atoms with Crippen molar-refractivity contribution in [3.8, 4) is 0 Å². The van der Waals surface area contributed by atoms with Crippen LogP contribution in [-0.2, 0) is 16.0 Å². The van der Waals surface area contributed by atoms with Gasteiger partial charge in [-0.05, 0) is 31.2 Å². The van der Waals surface area contributed by atoms with E-state index in [0.717, 1.165) is 17.5 Å². The van der Waals surface area contributed by atoms with Crippen molar-refractivity contribution in [2.24, 2.45) is 5.73 Å². The van der Waals surface area contributed by atoms with Gasteiger partial charge in [0, 0.05) is 5.70 Å². The van der Waals surface area contributed by atoms with Gasteiger partial charge < -0.3 is 5.73 Å². The molecule has 0 heterocycles. The van der Waals surface area contributed by atoms with E-state index in [-0.39, 0.29) is 10.6 Å². The summed E-state index contributed by atoms with van der Waals surface area (Å²) in [4.78, 5) is -0.227. The standard InChI is InChI=1S/C10H10F3NO2S/c1-7(14)6-17(15,16)9-4-2-8(3-5-9)10(11,12)13/h2-6H,14H2,1H3. The zero-order valence-electron chi connectivity index (χ0n) is 8.82. The molecule has 0 saturated carbocycles. The van der Waals surface area contributed by atoms with Crippen LogP contribution in [0.3, 0.4) is 0 Å². The third-order valence-corrected chi connectivity index (χ3v) is 3.46. The Morgan fingerprint density at radius 2 is 1.71 bits per heavy atom. The summed E-state index contributed by atoms with van der Waals surface area (Å²) in [7, 11) is -3.78. The summed E-state index contributed by atoms with van der Waals surface area (Å²) in [5, 5.41) is 0.801. The molecule has 0 aliphatic carbocycles. The van der Waals surface area contributed by atoms with E-state index in [1.165, 1.54) is 6.92 Å². The van der Waals surface area contributed by atoms with Crippen LogP contribution in [0.25, 0.3) is 0 Å². The summed E-state index contributed by atoms with van der Waals surface area (Å²) in [5.41, 5.74) is 4.38. The first-order valence-electron chi connectivity index (χ1n) is 4.49. The quantitative estimate of drug-likeness (QED) is 0.892. The van der Waals surface area contributed by atoms with Gasteiger partial charge in [-0.25, -0.2) is 8.42 Å². The highest BCUT2D eigenvalue weighted by Crippen LogP contribution is 2.29. The lowest BCUT2D eigenvalue weighted by molar-refractivity contribution is -0.137. The van der Waals surface area contributed by atoms with E-state index in [4.69, 9.17) is 5.73 Å². The molecule has 1 rings (SSSR count). The molecule has 94 valence electrons. The van der Waals surface area contributed by atoms with E-state index in [2.05, 4.69) is 0 Å². The Kier molecular flexibility index (Phi) is 3.51. The fourth-order valence-electron chi connectivity index (χ4n) is 1.15. The summed E-state index contributed by atoms with van der Waals surface area (Å²) in [6.07, 6.45) is -4.48. The first kappa shape index (κ1) is 13.6. The number of hydrogen-bond donors (Lipinski definition) is 1. The van der Waals surface area contributed by atoms with E-state index in [1.54, 1.807) is 0 Å². The van der Waals surface area contributed by atoms with Crippen molar-refractivity contribution in [1.29, 1.82) is 0 Å². The minimum absolute atomic E-state index is 0.0601. The van der Waals surface area contributed by atoms with Crippen molar-refractivity contribution in [2.45, 2.75) is 18.0 Å². The molecular formula is C10H10F3NO2S. The number of nitrogens with two attached hydrogens (primary N) is 1. The van der Waals surface area contributed by atoms with Crippen LogP contribution in [0.5, 0.6) is 0 Å². The van der Waals surface area contributed by atoms with Crippen molar-refractivity contribution < 1.29 is 21.6 Å². The Morgan fingerprint density at radius 3 is 2.06 bits per heavy atom. The Labute approximate surface area is 96.7 Å². The zero-order chi connectivity index (χ0) is 13.3. The van der Waals surface area contributed by atoms with Gasteiger partial charge in [-0.1, -0.05) is 0 Å². The molecule has 1 aromatic rings. The molecule has 2 N–H and O–H groups in total. The molecule has 3 nitrogen and oxygen atoms in total. The Bertz CT molecular complexity index is 526. The molecule has 7 heteroatoms. The number of sulfone groups is 1. The van der Waals surface area contributed by atoms with E-state index in [0.29, 0.717) is 12.1 Å². The van der Waals surface area contributed by atoms with E-state index in [1.807, 2.05) is 0 Å². The number of halogens is 3. The predicted octanol–water partition coefficient (Wildman–Crippen LogP) is 2.30.